The Hall–Kier alpha value is -1.88. The molecule has 0 bridgehead atoms. The van der Waals surface area contributed by atoms with Crippen LogP contribution in [0.1, 0.15) is 39.8 Å². The minimum Gasteiger partial charge on any atom is -0.497 e. The molecule has 1 aromatic carbocycles. The first-order valence-electron chi connectivity index (χ1n) is 6.67. The molecular weight excluding hydrogens is 286 g/mol. The van der Waals surface area contributed by atoms with E-state index in [0.29, 0.717) is 10.6 Å². The predicted octanol–water partition coefficient (Wildman–Crippen LogP) is 3.68. The van der Waals surface area contributed by atoms with Crippen molar-refractivity contribution < 1.29 is 14.6 Å². The third-order valence-electron chi connectivity index (χ3n) is 3.37. The molecule has 0 amide bonds. The van der Waals surface area contributed by atoms with Gasteiger partial charge in [0.1, 0.15) is 10.6 Å². The number of aryl methyl sites for hydroxylation is 1. The van der Waals surface area contributed by atoms with Crippen molar-refractivity contribution in [3.63, 3.8) is 0 Å². The minimum absolute atomic E-state index is 0.211. The first-order chi connectivity index (χ1) is 9.83. The Morgan fingerprint density at radius 2 is 1.95 bits per heavy atom. The summed E-state index contributed by atoms with van der Waals surface area (Å²) in [6, 6.07) is 7.92. The zero-order valence-corrected chi connectivity index (χ0v) is 13.5. The van der Waals surface area contributed by atoms with Crippen LogP contribution < -0.4 is 4.74 Å². The number of rotatable bonds is 5. The maximum Gasteiger partial charge on any atom is 0.347 e. The van der Waals surface area contributed by atoms with Crippen LogP contribution in [0.5, 0.6) is 5.75 Å². The lowest BCUT2D eigenvalue weighted by molar-refractivity contribution is 0.0701. The molecule has 2 rings (SSSR count). The quantitative estimate of drug-likeness (QED) is 0.915. The molecule has 112 valence electrons. The highest BCUT2D eigenvalue weighted by molar-refractivity contribution is 7.13. The van der Waals surface area contributed by atoms with E-state index in [1.54, 1.807) is 14.0 Å². The van der Waals surface area contributed by atoms with E-state index in [1.165, 1.54) is 16.9 Å². The SMILES string of the molecule is COc1ccc(CC(C)(C)c2nc(C)c(C(=O)O)s2)cc1. The third-order valence-corrected chi connectivity index (χ3v) is 4.89. The van der Waals surface area contributed by atoms with Crippen LogP contribution in [0.15, 0.2) is 24.3 Å². The number of carbonyl (C=O) groups is 1. The molecule has 0 spiro atoms. The van der Waals surface area contributed by atoms with E-state index >= 15 is 0 Å². The van der Waals surface area contributed by atoms with Crippen molar-refractivity contribution in [3.8, 4) is 5.75 Å². The Morgan fingerprint density at radius 1 is 1.33 bits per heavy atom. The number of carboxylic acid groups (broad SMARTS) is 1. The van der Waals surface area contributed by atoms with Gasteiger partial charge < -0.3 is 9.84 Å². The molecule has 21 heavy (non-hydrogen) atoms. The summed E-state index contributed by atoms with van der Waals surface area (Å²) < 4.78 is 5.15. The molecular formula is C16H19NO3S. The van der Waals surface area contributed by atoms with Gasteiger partial charge in [-0.25, -0.2) is 9.78 Å². The molecule has 0 atom stereocenters. The van der Waals surface area contributed by atoms with Gasteiger partial charge >= 0.3 is 5.97 Å². The summed E-state index contributed by atoms with van der Waals surface area (Å²) in [5.74, 6) is -0.0775. The van der Waals surface area contributed by atoms with Gasteiger partial charge in [-0.3, -0.25) is 0 Å². The second kappa shape index (κ2) is 5.85. The van der Waals surface area contributed by atoms with Crippen LogP contribution in [0.25, 0.3) is 0 Å². The van der Waals surface area contributed by atoms with Crippen LogP contribution >= 0.6 is 11.3 Å². The van der Waals surface area contributed by atoms with Gasteiger partial charge in [-0.1, -0.05) is 26.0 Å². The highest BCUT2D eigenvalue weighted by Crippen LogP contribution is 2.33. The van der Waals surface area contributed by atoms with Crippen LogP contribution in [0.2, 0.25) is 0 Å². The maximum atomic E-state index is 11.1. The summed E-state index contributed by atoms with van der Waals surface area (Å²) in [4.78, 5) is 15.9. The monoisotopic (exact) mass is 305 g/mol. The Kier molecular flexibility index (Phi) is 4.32. The summed E-state index contributed by atoms with van der Waals surface area (Å²) in [7, 11) is 1.64. The van der Waals surface area contributed by atoms with Gasteiger partial charge in [-0.15, -0.1) is 11.3 Å². The lowest BCUT2D eigenvalue weighted by Gasteiger charge is -2.22. The zero-order chi connectivity index (χ0) is 15.6. The number of aromatic nitrogens is 1. The largest absolute Gasteiger partial charge is 0.497 e. The summed E-state index contributed by atoms with van der Waals surface area (Å²) in [5.41, 5.74) is 1.55. The van der Waals surface area contributed by atoms with E-state index in [1.807, 2.05) is 24.3 Å². The van der Waals surface area contributed by atoms with Crippen LogP contribution in [0.3, 0.4) is 0 Å². The number of carboxylic acids is 1. The van der Waals surface area contributed by atoms with Crippen molar-refractivity contribution in [3.05, 3.63) is 45.4 Å². The second-order valence-electron chi connectivity index (χ2n) is 5.65. The molecule has 5 heteroatoms. The van der Waals surface area contributed by atoms with E-state index in [2.05, 4.69) is 18.8 Å². The molecule has 0 unspecified atom stereocenters. The fraction of sp³-hybridized carbons (Fsp3) is 0.375. The highest BCUT2D eigenvalue weighted by atomic mass is 32.1. The molecule has 1 N–H and O–H groups in total. The minimum atomic E-state index is -0.906. The Balaban J connectivity index is 2.24. The van der Waals surface area contributed by atoms with Gasteiger partial charge in [0.15, 0.2) is 0 Å². The number of hydrogen-bond donors (Lipinski definition) is 1. The first-order valence-corrected chi connectivity index (χ1v) is 7.49. The van der Waals surface area contributed by atoms with E-state index in [0.717, 1.165) is 17.2 Å². The molecule has 0 saturated carbocycles. The zero-order valence-electron chi connectivity index (χ0n) is 12.6. The van der Waals surface area contributed by atoms with Crippen LogP contribution in [-0.4, -0.2) is 23.2 Å². The first kappa shape index (κ1) is 15.5. The van der Waals surface area contributed by atoms with Gasteiger partial charge in [0.25, 0.3) is 0 Å². The molecule has 0 aliphatic rings. The van der Waals surface area contributed by atoms with E-state index in [9.17, 15) is 4.79 Å². The molecule has 1 aromatic heterocycles. The Morgan fingerprint density at radius 3 is 2.43 bits per heavy atom. The van der Waals surface area contributed by atoms with Crippen molar-refractivity contribution >= 4 is 17.3 Å². The standard InChI is InChI=1S/C16H19NO3S/c1-10-13(14(18)19)21-15(17-10)16(2,3)9-11-5-7-12(20-4)8-6-11/h5-8H,9H2,1-4H3,(H,18,19). The lowest BCUT2D eigenvalue weighted by Crippen LogP contribution is -2.20. The lowest BCUT2D eigenvalue weighted by atomic mass is 9.86. The van der Waals surface area contributed by atoms with Gasteiger partial charge in [-0.2, -0.15) is 0 Å². The summed E-state index contributed by atoms with van der Waals surface area (Å²) >= 11 is 1.27. The highest BCUT2D eigenvalue weighted by Gasteiger charge is 2.27. The van der Waals surface area contributed by atoms with Crippen LogP contribution in [-0.2, 0) is 11.8 Å². The normalized spacial score (nSPS) is 11.4. The second-order valence-corrected chi connectivity index (χ2v) is 6.65. The van der Waals surface area contributed by atoms with Gasteiger partial charge in [-0.05, 0) is 31.0 Å². The van der Waals surface area contributed by atoms with Crippen LogP contribution in [0.4, 0.5) is 0 Å². The number of thiazole rings is 1. The van der Waals surface area contributed by atoms with Crippen molar-refractivity contribution in [1.29, 1.82) is 0 Å². The molecule has 2 aromatic rings. The number of benzene rings is 1. The summed E-state index contributed by atoms with van der Waals surface area (Å²) in [6.45, 7) is 5.91. The van der Waals surface area contributed by atoms with Crippen molar-refractivity contribution in [2.24, 2.45) is 0 Å². The maximum absolute atomic E-state index is 11.1. The Labute approximate surface area is 128 Å². The number of aromatic carboxylic acids is 1. The molecule has 0 saturated heterocycles. The molecule has 0 radical (unpaired) electrons. The topological polar surface area (TPSA) is 59.4 Å². The summed E-state index contributed by atoms with van der Waals surface area (Å²) in [6.07, 6.45) is 0.795. The molecule has 0 aliphatic heterocycles. The fourth-order valence-electron chi connectivity index (χ4n) is 2.21. The van der Waals surface area contributed by atoms with Gasteiger partial charge in [0, 0.05) is 5.41 Å². The van der Waals surface area contributed by atoms with Gasteiger partial charge in [0.2, 0.25) is 0 Å². The fourth-order valence-corrected chi connectivity index (χ4v) is 3.22. The molecule has 0 fully saturated rings. The smallest absolute Gasteiger partial charge is 0.347 e. The average molecular weight is 305 g/mol. The predicted molar refractivity (Wildman–Crippen MR) is 83.5 cm³/mol. The number of nitrogens with zero attached hydrogens (tertiary/aromatic N) is 1. The van der Waals surface area contributed by atoms with E-state index in [-0.39, 0.29) is 5.41 Å². The Bertz CT molecular complexity index is 644. The van der Waals surface area contributed by atoms with Crippen molar-refractivity contribution in [2.45, 2.75) is 32.6 Å². The van der Waals surface area contributed by atoms with Crippen molar-refractivity contribution in [1.82, 2.24) is 4.98 Å². The van der Waals surface area contributed by atoms with Gasteiger partial charge in [0.05, 0.1) is 17.8 Å². The van der Waals surface area contributed by atoms with E-state index < -0.39 is 5.97 Å². The number of methoxy groups -OCH3 is 1. The summed E-state index contributed by atoms with van der Waals surface area (Å²) in [5, 5.41) is 10.0. The van der Waals surface area contributed by atoms with E-state index in [4.69, 9.17) is 9.84 Å². The third kappa shape index (κ3) is 3.42. The molecule has 4 nitrogen and oxygen atoms in total. The molecule has 1 heterocycles. The average Bonchev–Trinajstić information content (AvgIpc) is 2.82. The number of ether oxygens (including phenoxy) is 1. The number of hydrogen-bond acceptors (Lipinski definition) is 4. The molecule has 0 aliphatic carbocycles. The van der Waals surface area contributed by atoms with Crippen LogP contribution in [0, 0.1) is 6.92 Å². The van der Waals surface area contributed by atoms with Crippen molar-refractivity contribution in [2.75, 3.05) is 7.11 Å².